The Morgan fingerprint density at radius 3 is 2.52 bits per heavy atom. The van der Waals surface area contributed by atoms with Gasteiger partial charge in [0, 0.05) is 18.7 Å². The van der Waals surface area contributed by atoms with Crippen molar-refractivity contribution >= 4 is 16.8 Å². The second-order valence-electron chi connectivity index (χ2n) is 11.1. The number of nitrogens with zero attached hydrogens (tertiary/aromatic N) is 3. The van der Waals surface area contributed by atoms with Crippen LogP contribution in [0.2, 0.25) is 0 Å². The molecule has 6 rings (SSSR count). The van der Waals surface area contributed by atoms with Gasteiger partial charge in [-0.15, -0.1) is 0 Å². The molecule has 3 aromatic carbocycles. The summed E-state index contributed by atoms with van der Waals surface area (Å²) in [6.45, 7) is 3.80. The third-order valence-electron chi connectivity index (χ3n) is 7.98. The molecule has 1 amide bonds. The van der Waals surface area contributed by atoms with Gasteiger partial charge in [0.05, 0.1) is 18.0 Å². The van der Waals surface area contributed by atoms with E-state index < -0.39 is 0 Å². The first-order valence-corrected chi connectivity index (χ1v) is 14.3. The summed E-state index contributed by atoms with van der Waals surface area (Å²) in [6.07, 6.45) is 6.14. The van der Waals surface area contributed by atoms with Crippen LogP contribution in [0.15, 0.2) is 71.5 Å². The number of amides is 1. The van der Waals surface area contributed by atoms with Crippen molar-refractivity contribution in [2.45, 2.75) is 45.2 Å². The smallest absolute Gasteiger partial charge is 0.262 e. The predicted octanol–water partition coefficient (Wildman–Crippen LogP) is 5.25. The van der Waals surface area contributed by atoms with Gasteiger partial charge >= 0.3 is 0 Å². The maximum Gasteiger partial charge on any atom is 0.262 e. The van der Waals surface area contributed by atoms with Gasteiger partial charge in [0.15, 0.2) is 0 Å². The third-order valence-corrected chi connectivity index (χ3v) is 7.98. The van der Waals surface area contributed by atoms with Gasteiger partial charge in [-0.3, -0.25) is 19.1 Å². The summed E-state index contributed by atoms with van der Waals surface area (Å²) in [4.78, 5) is 34.3. The first-order valence-electron chi connectivity index (χ1n) is 14.3. The molecule has 206 valence electrons. The van der Waals surface area contributed by atoms with Crippen LogP contribution in [0.4, 0.5) is 0 Å². The van der Waals surface area contributed by atoms with Crippen LogP contribution < -0.4 is 15.6 Å². The molecule has 1 aromatic heterocycles. The highest BCUT2D eigenvalue weighted by Crippen LogP contribution is 2.28. The Labute approximate surface area is 234 Å². The molecule has 2 aliphatic rings. The van der Waals surface area contributed by atoms with Crippen LogP contribution in [-0.2, 0) is 17.9 Å². The van der Waals surface area contributed by atoms with E-state index in [0.29, 0.717) is 34.9 Å². The largest absolute Gasteiger partial charge is 0.497 e. The standard InChI is InChI=1S/C33H36N4O3/c1-40-28-10-6-9-27(18-28)32-35-30-14-13-26(25-8-5-7-24(17-25)21-36-15-3-2-4-16-36)19-29(30)33(39)37(32)22-31(38)34-20-23-11-12-23/h5-10,13-14,17-19,23H,2-4,11-12,15-16,20-22H2,1H3,(H,34,38). The van der Waals surface area contributed by atoms with E-state index in [1.54, 1.807) is 7.11 Å². The Bertz CT molecular complexity index is 1580. The van der Waals surface area contributed by atoms with Gasteiger partial charge in [0.25, 0.3) is 5.56 Å². The second-order valence-corrected chi connectivity index (χ2v) is 11.1. The van der Waals surface area contributed by atoms with Crippen molar-refractivity contribution in [3.05, 3.63) is 82.6 Å². The quantitative estimate of drug-likeness (QED) is 0.316. The van der Waals surface area contributed by atoms with Gasteiger partial charge in [0.2, 0.25) is 5.91 Å². The first kappa shape index (κ1) is 26.3. The van der Waals surface area contributed by atoms with E-state index in [-0.39, 0.29) is 18.0 Å². The number of carbonyl (C=O) groups excluding carboxylic acids is 1. The summed E-state index contributed by atoms with van der Waals surface area (Å²) < 4.78 is 6.91. The highest BCUT2D eigenvalue weighted by Gasteiger charge is 2.23. The van der Waals surface area contributed by atoms with E-state index in [4.69, 9.17) is 9.72 Å². The van der Waals surface area contributed by atoms with Gasteiger partial charge in [-0.1, -0.05) is 42.8 Å². The van der Waals surface area contributed by atoms with E-state index in [0.717, 1.165) is 49.2 Å². The van der Waals surface area contributed by atoms with Gasteiger partial charge in [-0.25, -0.2) is 4.98 Å². The topological polar surface area (TPSA) is 76.5 Å². The highest BCUT2D eigenvalue weighted by molar-refractivity contribution is 5.86. The van der Waals surface area contributed by atoms with Crippen LogP contribution in [0.1, 0.15) is 37.7 Å². The Balaban J connectivity index is 1.37. The van der Waals surface area contributed by atoms with Crippen LogP contribution in [0.25, 0.3) is 33.4 Å². The zero-order valence-electron chi connectivity index (χ0n) is 23.1. The van der Waals surface area contributed by atoms with E-state index >= 15 is 0 Å². The fourth-order valence-corrected chi connectivity index (χ4v) is 5.53. The molecule has 7 heteroatoms. The summed E-state index contributed by atoms with van der Waals surface area (Å²) in [5.74, 6) is 1.49. The molecule has 0 spiro atoms. The van der Waals surface area contributed by atoms with Crippen molar-refractivity contribution in [3.8, 4) is 28.3 Å². The predicted molar refractivity (Wildman–Crippen MR) is 158 cm³/mol. The number of ether oxygens (including phenoxy) is 1. The Hall–Kier alpha value is -3.97. The van der Waals surface area contributed by atoms with Crippen LogP contribution >= 0.6 is 0 Å². The number of piperidine rings is 1. The Morgan fingerprint density at radius 2 is 1.73 bits per heavy atom. The molecular formula is C33H36N4O3. The molecule has 7 nitrogen and oxygen atoms in total. The van der Waals surface area contributed by atoms with Crippen LogP contribution in [0.5, 0.6) is 5.75 Å². The SMILES string of the molecule is COc1cccc(-c2nc3ccc(-c4cccc(CN5CCCCC5)c4)cc3c(=O)n2CC(=O)NCC2CC2)c1. The van der Waals surface area contributed by atoms with Crippen molar-refractivity contribution in [3.63, 3.8) is 0 Å². The van der Waals surface area contributed by atoms with E-state index in [1.807, 2.05) is 42.5 Å². The number of rotatable bonds is 9. The molecule has 1 saturated carbocycles. The number of hydrogen-bond donors (Lipinski definition) is 1. The van der Waals surface area contributed by atoms with E-state index in [1.165, 1.54) is 29.4 Å². The average molecular weight is 537 g/mol. The van der Waals surface area contributed by atoms with E-state index in [2.05, 4.69) is 34.5 Å². The van der Waals surface area contributed by atoms with Crippen LogP contribution in [0.3, 0.4) is 0 Å². The first-order chi connectivity index (χ1) is 19.6. The number of aromatic nitrogens is 2. The normalized spacial score (nSPS) is 15.7. The lowest BCUT2D eigenvalue weighted by atomic mass is 10.0. The van der Waals surface area contributed by atoms with Crippen molar-refractivity contribution in [2.24, 2.45) is 5.92 Å². The van der Waals surface area contributed by atoms with Gasteiger partial charge in [-0.2, -0.15) is 0 Å². The van der Waals surface area contributed by atoms with Crippen molar-refractivity contribution in [2.75, 3.05) is 26.7 Å². The number of benzene rings is 3. The molecule has 0 unspecified atom stereocenters. The zero-order valence-corrected chi connectivity index (χ0v) is 23.1. The minimum absolute atomic E-state index is 0.0867. The number of carbonyl (C=O) groups is 1. The maximum absolute atomic E-state index is 14.0. The molecule has 4 aromatic rings. The Morgan fingerprint density at radius 1 is 0.950 bits per heavy atom. The Kier molecular flexibility index (Phi) is 7.64. The summed E-state index contributed by atoms with van der Waals surface area (Å²) in [7, 11) is 1.61. The maximum atomic E-state index is 14.0. The fourth-order valence-electron chi connectivity index (χ4n) is 5.53. The molecule has 1 aliphatic heterocycles. The number of hydrogen-bond acceptors (Lipinski definition) is 5. The minimum atomic E-state index is -0.226. The number of methoxy groups -OCH3 is 1. The monoisotopic (exact) mass is 536 g/mol. The second kappa shape index (κ2) is 11.6. The summed E-state index contributed by atoms with van der Waals surface area (Å²) in [5.41, 5.74) is 4.41. The third kappa shape index (κ3) is 5.94. The number of fused-ring (bicyclic) bond motifs is 1. The molecular weight excluding hydrogens is 500 g/mol. The highest BCUT2D eigenvalue weighted by atomic mass is 16.5. The molecule has 0 atom stereocenters. The summed E-state index contributed by atoms with van der Waals surface area (Å²) >= 11 is 0. The summed E-state index contributed by atoms with van der Waals surface area (Å²) in [6, 6.07) is 21.9. The minimum Gasteiger partial charge on any atom is -0.497 e. The molecule has 1 N–H and O–H groups in total. The van der Waals surface area contributed by atoms with Gasteiger partial charge in [0.1, 0.15) is 18.1 Å². The molecule has 0 radical (unpaired) electrons. The average Bonchev–Trinajstić information content (AvgIpc) is 3.83. The lowest BCUT2D eigenvalue weighted by Gasteiger charge is -2.26. The molecule has 2 heterocycles. The van der Waals surface area contributed by atoms with Crippen molar-refractivity contribution in [1.82, 2.24) is 19.8 Å². The van der Waals surface area contributed by atoms with Crippen molar-refractivity contribution in [1.29, 1.82) is 0 Å². The van der Waals surface area contributed by atoms with Gasteiger partial charge < -0.3 is 10.1 Å². The summed E-state index contributed by atoms with van der Waals surface area (Å²) in [5, 5.41) is 3.49. The van der Waals surface area contributed by atoms with Gasteiger partial charge in [-0.05, 0) is 91.7 Å². The number of nitrogens with one attached hydrogen (secondary N) is 1. The molecule has 1 saturated heterocycles. The molecule has 40 heavy (non-hydrogen) atoms. The van der Waals surface area contributed by atoms with Crippen LogP contribution in [0, 0.1) is 5.92 Å². The van der Waals surface area contributed by atoms with Crippen LogP contribution in [-0.4, -0.2) is 47.1 Å². The lowest BCUT2D eigenvalue weighted by molar-refractivity contribution is -0.121. The lowest BCUT2D eigenvalue weighted by Crippen LogP contribution is -2.34. The zero-order chi connectivity index (χ0) is 27.5. The van der Waals surface area contributed by atoms with E-state index in [9.17, 15) is 9.59 Å². The molecule has 2 fully saturated rings. The molecule has 0 bridgehead atoms. The molecule has 1 aliphatic carbocycles. The number of likely N-dealkylation sites (tertiary alicyclic amines) is 1. The fraction of sp³-hybridized carbons (Fsp3) is 0.364. The van der Waals surface area contributed by atoms with Crippen molar-refractivity contribution < 1.29 is 9.53 Å².